The Bertz CT molecular complexity index is 521. The summed E-state index contributed by atoms with van der Waals surface area (Å²) in [4.78, 5) is 0. The minimum absolute atomic E-state index is 0.672. The van der Waals surface area contributed by atoms with E-state index in [-0.39, 0.29) is 0 Å². The van der Waals surface area contributed by atoms with E-state index in [0.717, 1.165) is 16.7 Å². The van der Waals surface area contributed by atoms with E-state index >= 15 is 0 Å². The molecule has 0 saturated carbocycles. The van der Waals surface area contributed by atoms with Crippen LogP contribution in [0.1, 0.15) is 11.1 Å². The van der Waals surface area contributed by atoms with Crippen molar-refractivity contribution in [2.75, 3.05) is 0 Å². The molecule has 0 fully saturated rings. The third-order valence-electron chi connectivity index (χ3n) is 2.85. The standard InChI is InChI=1S/C13H10NO/c14-13(15)7-3-6-11-10-5-2-1-4-9(10)8-12(11)13/h1-8,14-15H. The second-order valence-electron chi connectivity index (χ2n) is 3.85. The van der Waals surface area contributed by atoms with E-state index in [1.165, 1.54) is 6.08 Å². The smallest absolute Gasteiger partial charge is 0.174 e. The average Bonchev–Trinajstić information content (AvgIpc) is 2.58. The van der Waals surface area contributed by atoms with Gasteiger partial charge in [0.25, 0.3) is 0 Å². The number of aliphatic hydroxyl groups is 1. The van der Waals surface area contributed by atoms with Crippen LogP contribution in [0, 0.1) is 0 Å². The quantitative estimate of drug-likeness (QED) is 0.677. The lowest BCUT2D eigenvalue weighted by Gasteiger charge is -2.23. The molecular formula is C13H10NO. The summed E-state index contributed by atoms with van der Waals surface area (Å²) in [6, 6.07) is 7.94. The first-order valence-corrected chi connectivity index (χ1v) is 4.87. The Hall–Kier alpha value is -1.64. The molecule has 2 heteroatoms. The molecule has 0 bridgehead atoms. The molecule has 15 heavy (non-hydrogen) atoms. The highest BCUT2D eigenvalue weighted by atomic mass is 16.3. The van der Waals surface area contributed by atoms with E-state index in [1.54, 1.807) is 6.08 Å². The molecule has 1 unspecified atom stereocenters. The van der Waals surface area contributed by atoms with E-state index in [2.05, 4.69) is 0 Å². The Morgan fingerprint density at radius 3 is 2.87 bits per heavy atom. The van der Waals surface area contributed by atoms with E-state index < -0.39 is 5.72 Å². The molecule has 3 rings (SSSR count). The maximum atomic E-state index is 9.89. The summed E-state index contributed by atoms with van der Waals surface area (Å²) in [5.74, 6) is 0. The van der Waals surface area contributed by atoms with Gasteiger partial charge in [0.05, 0.1) is 0 Å². The fraction of sp³-hybridized carbons (Fsp3) is 0.0769. The van der Waals surface area contributed by atoms with Gasteiger partial charge < -0.3 is 5.11 Å². The predicted octanol–water partition coefficient (Wildman–Crippen LogP) is 2.01. The number of benzene rings is 1. The fourth-order valence-corrected chi connectivity index (χ4v) is 2.11. The number of hydrogen-bond acceptors (Lipinski definition) is 1. The van der Waals surface area contributed by atoms with Crippen LogP contribution < -0.4 is 5.73 Å². The normalized spacial score (nSPS) is 26.8. The van der Waals surface area contributed by atoms with Gasteiger partial charge in [-0.25, -0.2) is 5.73 Å². The highest BCUT2D eigenvalue weighted by Gasteiger charge is 2.33. The van der Waals surface area contributed by atoms with Crippen LogP contribution in [0.5, 0.6) is 0 Å². The first kappa shape index (κ1) is 8.65. The molecule has 0 saturated heterocycles. The Morgan fingerprint density at radius 1 is 1.20 bits per heavy atom. The Balaban J connectivity index is 2.25. The molecule has 2 nitrogen and oxygen atoms in total. The van der Waals surface area contributed by atoms with Gasteiger partial charge in [0.2, 0.25) is 0 Å². The Morgan fingerprint density at radius 2 is 2.00 bits per heavy atom. The molecule has 0 amide bonds. The number of hydrogen-bond donors (Lipinski definition) is 1. The summed E-state index contributed by atoms with van der Waals surface area (Å²) in [5.41, 5.74) is 10.0. The summed E-state index contributed by atoms with van der Waals surface area (Å²) < 4.78 is 0. The zero-order chi connectivity index (χ0) is 10.5. The molecule has 1 aromatic carbocycles. The number of nitrogens with one attached hydrogen (secondary N) is 1. The van der Waals surface area contributed by atoms with Crippen molar-refractivity contribution in [3.05, 3.63) is 59.2 Å². The number of fused-ring (bicyclic) bond motifs is 3. The van der Waals surface area contributed by atoms with Crippen LogP contribution in [0.2, 0.25) is 0 Å². The van der Waals surface area contributed by atoms with Crippen LogP contribution in [0.25, 0.3) is 11.6 Å². The minimum atomic E-state index is -1.58. The molecule has 1 aromatic rings. The molecule has 0 aliphatic heterocycles. The zero-order valence-electron chi connectivity index (χ0n) is 8.07. The largest absolute Gasteiger partial charge is 0.367 e. The van der Waals surface area contributed by atoms with Crippen molar-refractivity contribution in [1.82, 2.24) is 5.73 Å². The van der Waals surface area contributed by atoms with Crippen LogP contribution in [-0.4, -0.2) is 10.8 Å². The van der Waals surface area contributed by atoms with Gasteiger partial charge in [0.1, 0.15) is 0 Å². The van der Waals surface area contributed by atoms with Crippen molar-refractivity contribution in [2.24, 2.45) is 0 Å². The SMILES string of the molecule is [NH]C1(O)C=CC=C2C1=Cc1ccccc12. The van der Waals surface area contributed by atoms with E-state index in [1.807, 2.05) is 36.4 Å². The van der Waals surface area contributed by atoms with Gasteiger partial charge in [-0.1, -0.05) is 36.4 Å². The van der Waals surface area contributed by atoms with Crippen molar-refractivity contribution in [1.29, 1.82) is 0 Å². The molecule has 73 valence electrons. The van der Waals surface area contributed by atoms with Crippen LogP contribution in [0.15, 0.2) is 48.1 Å². The summed E-state index contributed by atoms with van der Waals surface area (Å²) >= 11 is 0. The molecule has 1 atom stereocenters. The minimum Gasteiger partial charge on any atom is -0.367 e. The highest BCUT2D eigenvalue weighted by molar-refractivity contribution is 5.97. The summed E-state index contributed by atoms with van der Waals surface area (Å²) in [6.45, 7) is 0. The maximum Gasteiger partial charge on any atom is 0.174 e. The van der Waals surface area contributed by atoms with E-state index in [0.29, 0.717) is 5.57 Å². The van der Waals surface area contributed by atoms with Gasteiger partial charge in [-0.15, -0.1) is 0 Å². The molecular weight excluding hydrogens is 186 g/mol. The van der Waals surface area contributed by atoms with Gasteiger partial charge in [0.15, 0.2) is 5.72 Å². The van der Waals surface area contributed by atoms with Crippen molar-refractivity contribution >= 4 is 11.6 Å². The van der Waals surface area contributed by atoms with Gasteiger partial charge >= 0.3 is 0 Å². The molecule has 0 heterocycles. The maximum absolute atomic E-state index is 9.89. The van der Waals surface area contributed by atoms with Gasteiger partial charge in [0, 0.05) is 5.57 Å². The monoisotopic (exact) mass is 196 g/mol. The zero-order valence-corrected chi connectivity index (χ0v) is 8.07. The van der Waals surface area contributed by atoms with Gasteiger partial charge in [-0.2, -0.15) is 0 Å². The predicted molar refractivity (Wildman–Crippen MR) is 59.6 cm³/mol. The second kappa shape index (κ2) is 2.69. The lowest BCUT2D eigenvalue weighted by molar-refractivity contribution is 0.135. The number of allylic oxidation sites excluding steroid dienone is 2. The molecule has 2 aliphatic rings. The Labute approximate surface area is 88.0 Å². The van der Waals surface area contributed by atoms with Crippen LogP contribution in [0.3, 0.4) is 0 Å². The summed E-state index contributed by atoms with van der Waals surface area (Å²) in [7, 11) is 0. The summed E-state index contributed by atoms with van der Waals surface area (Å²) in [6.07, 6.45) is 7.06. The molecule has 2 aliphatic carbocycles. The van der Waals surface area contributed by atoms with Gasteiger partial charge in [-0.05, 0) is 28.9 Å². The number of rotatable bonds is 0. The third-order valence-corrected chi connectivity index (χ3v) is 2.85. The Kier molecular flexibility index (Phi) is 1.55. The molecule has 0 aromatic heterocycles. The lowest BCUT2D eigenvalue weighted by Crippen LogP contribution is -2.31. The van der Waals surface area contributed by atoms with Crippen molar-refractivity contribution in [3.8, 4) is 0 Å². The van der Waals surface area contributed by atoms with E-state index in [4.69, 9.17) is 5.73 Å². The average molecular weight is 196 g/mol. The van der Waals surface area contributed by atoms with Crippen LogP contribution in [0.4, 0.5) is 0 Å². The van der Waals surface area contributed by atoms with Crippen LogP contribution in [-0.2, 0) is 0 Å². The third kappa shape index (κ3) is 1.12. The lowest BCUT2D eigenvalue weighted by atomic mass is 9.91. The summed E-state index contributed by atoms with van der Waals surface area (Å²) in [5, 5.41) is 9.89. The second-order valence-corrected chi connectivity index (χ2v) is 3.85. The molecule has 0 spiro atoms. The highest BCUT2D eigenvalue weighted by Crippen LogP contribution is 2.41. The van der Waals surface area contributed by atoms with Crippen molar-refractivity contribution in [2.45, 2.75) is 5.72 Å². The van der Waals surface area contributed by atoms with E-state index in [9.17, 15) is 5.11 Å². The van der Waals surface area contributed by atoms with Crippen molar-refractivity contribution < 1.29 is 5.11 Å². The van der Waals surface area contributed by atoms with Crippen LogP contribution >= 0.6 is 0 Å². The first-order valence-electron chi connectivity index (χ1n) is 4.87. The fourth-order valence-electron chi connectivity index (χ4n) is 2.11. The topological polar surface area (TPSA) is 44.0 Å². The van der Waals surface area contributed by atoms with Crippen molar-refractivity contribution in [3.63, 3.8) is 0 Å². The molecule has 1 radical (unpaired) electrons. The van der Waals surface area contributed by atoms with Gasteiger partial charge in [-0.3, -0.25) is 0 Å². The molecule has 2 N–H and O–H groups in total. The first-order chi connectivity index (χ1) is 7.18.